The second kappa shape index (κ2) is 15.2. The average molecular weight is 530 g/mol. The maximum Gasteiger partial charge on any atom is 0.119 e. The summed E-state index contributed by atoms with van der Waals surface area (Å²) in [6.45, 7) is 3.73. The fraction of sp³-hybridized carbons (Fsp3) is 1.00. The maximum atomic E-state index is 9.14. The Balaban J connectivity index is 1.31. The molecule has 0 spiro atoms. The number of rotatable bonds is 11. The highest BCUT2D eigenvalue weighted by Gasteiger charge is 2.48. The van der Waals surface area contributed by atoms with Gasteiger partial charge < -0.3 is 19.7 Å². The summed E-state index contributed by atoms with van der Waals surface area (Å²) < 4.78 is 11.8. The molecular formula is C29H53O4S2+. The minimum absolute atomic E-state index is 0.146. The molecule has 0 heterocycles. The number of thioether (sulfide) groups is 1. The van der Waals surface area contributed by atoms with E-state index in [-0.39, 0.29) is 13.2 Å². The highest BCUT2D eigenvalue weighted by Crippen LogP contribution is 2.44. The van der Waals surface area contributed by atoms with Gasteiger partial charge in [0.25, 0.3) is 0 Å². The van der Waals surface area contributed by atoms with Crippen LogP contribution in [0.25, 0.3) is 0 Å². The smallest absolute Gasteiger partial charge is 0.119 e. The fourth-order valence-electron chi connectivity index (χ4n) is 7.28. The Morgan fingerprint density at radius 1 is 0.571 bits per heavy atom. The van der Waals surface area contributed by atoms with Crippen molar-refractivity contribution < 1.29 is 19.7 Å². The Morgan fingerprint density at radius 2 is 0.943 bits per heavy atom. The molecule has 0 radical (unpaired) electrons. The molecule has 0 aromatic carbocycles. The lowest BCUT2D eigenvalue weighted by Crippen LogP contribution is -2.46. The van der Waals surface area contributed by atoms with E-state index in [1.807, 2.05) is 0 Å². The number of hydrogen-bond donors (Lipinski definition) is 2. The predicted octanol–water partition coefficient (Wildman–Crippen LogP) is 5.87. The summed E-state index contributed by atoms with van der Waals surface area (Å²) in [5, 5.41) is 22.9. The van der Waals surface area contributed by atoms with E-state index in [1.165, 1.54) is 103 Å². The molecule has 4 aliphatic carbocycles. The molecule has 0 bridgehead atoms. The summed E-state index contributed by atoms with van der Waals surface area (Å²) in [6.07, 6.45) is 22.5. The van der Waals surface area contributed by atoms with Crippen molar-refractivity contribution in [3.05, 3.63) is 0 Å². The highest BCUT2D eigenvalue weighted by atomic mass is 32.2. The van der Waals surface area contributed by atoms with Gasteiger partial charge in [0.15, 0.2) is 0 Å². The van der Waals surface area contributed by atoms with E-state index in [2.05, 4.69) is 18.7 Å². The predicted molar refractivity (Wildman–Crippen MR) is 151 cm³/mol. The van der Waals surface area contributed by atoms with E-state index >= 15 is 0 Å². The monoisotopic (exact) mass is 529 g/mol. The Hall–Kier alpha value is 0.540. The molecule has 4 aliphatic rings. The molecule has 0 saturated heterocycles. The highest BCUT2D eigenvalue weighted by molar-refractivity contribution is 8.00. The number of aliphatic hydroxyl groups is 2. The minimum atomic E-state index is 0.146. The lowest BCUT2D eigenvalue weighted by Gasteiger charge is -2.40. The molecule has 0 atom stereocenters. The van der Waals surface area contributed by atoms with Gasteiger partial charge in [-0.2, -0.15) is 11.8 Å². The normalized spacial score (nSPS) is 39.9. The third-order valence-electron chi connectivity index (χ3n) is 9.26. The quantitative estimate of drug-likeness (QED) is 0.328. The van der Waals surface area contributed by atoms with Crippen molar-refractivity contribution in [2.75, 3.05) is 26.4 Å². The van der Waals surface area contributed by atoms with Crippen LogP contribution in [0.1, 0.15) is 110 Å². The van der Waals surface area contributed by atoms with Crippen LogP contribution in [-0.2, 0) is 20.4 Å². The first-order valence-corrected chi connectivity index (χ1v) is 17.3. The summed E-state index contributed by atoms with van der Waals surface area (Å²) in [5.41, 5.74) is 0. The SMILES string of the molecule is CC1CCC(SC2CCC([S+](C3CCC(OCCO)CC3)C3CCC(OCCO)CC3)CC2)CC1. The van der Waals surface area contributed by atoms with Gasteiger partial charge in [0.05, 0.1) is 38.6 Å². The summed E-state index contributed by atoms with van der Waals surface area (Å²) in [4.78, 5) is 0. The number of hydrogen-bond acceptors (Lipinski definition) is 5. The van der Waals surface area contributed by atoms with Gasteiger partial charge >= 0.3 is 0 Å². The summed E-state index contributed by atoms with van der Waals surface area (Å²) in [5.74, 6) is 0.956. The van der Waals surface area contributed by atoms with Crippen LogP contribution in [0.5, 0.6) is 0 Å². The summed E-state index contributed by atoms with van der Waals surface area (Å²) in [7, 11) is 0.529. The van der Waals surface area contributed by atoms with E-state index in [0.717, 1.165) is 32.2 Å². The van der Waals surface area contributed by atoms with Crippen LogP contribution in [0.15, 0.2) is 0 Å². The molecule has 2 N–H and O–H groups in total. The summed E-state index contributed by atoms with van der Waals surface area (Å²) >= 11 is 2.37. The largest absolute Gasteiger partial charge is 0.394 e. The Morgan fingerprint density at radius 3 is 1.34 bits per heavy atom. The Labute approximate surface area is 222 Å². The van der Waals surface area contributed by atoms with Crippen molar-refractivity contribution in [3.63, 3.8) is 0 Å². The molecule has 0 amide bonds. The minimum Gasteiger partial charge on any atom is -0.394 e. The van der Waals surface area contributed by atoms with Crippen LogP contribution >= 0.6 is 11.8 Å². The molecule has 6 heteroatoms. The van der Waals surface area contributed by atoms with Gasteiger partial charge in [0, 0.05) is 10.5 Å². The van der Waals surface area contributed by atoms with E-state index in [0.29, 0.717) is 36.3 Å². The molecule has 204 valence electrons. The van der Waals surface area contributed by atoms with Crippen LogP contribution in [0.2, 0.25) is 0 Å². The molecule has 35 heavy (non-hydrogen) atoms. The molecule has 4 fully saturated rings. The van der Waals surface area contributed by atoms with Crippen molar-refractivity contribution in [3.8, 4) is 0 Å². The van der Waals surface area contributed by atoms with Gasteiger partial charge in [-0.3, -0.25) is 0 Å². The lowest BCUT2D eigenvalue weighted by atomic mass is 9.91. The van der Waals surface area contributed by atoms with Gasteiger partial charge in [-0.25, -0.2) is 0 Å². The van der Waals surface area contributed by atoms with Crippen LogP contribution < -0.4 is 0 Å². The molecule has 0 unspecified atom stereocenters. The van der Waals surface area contributed by atoms with Crippen LogP contribution in [-0.4, -0.2) is 75.1 Å². The third-order valence-corrected chi connectivity index (χ3v) is 14.7. The molecule has 0 aromatic rings. The third kappa shape index (κ3) is 8.78. The van der Waals surface area contributed by atoms with E-state index < -0.39 is 0 Å². The molecule has 0 aromatic heterocycles. The first-order valence-electron chi connectivity index (χ1n) is 15.0. The molecular weight excluding hydrogens is 476 g/mol. The standard InChI is InChI=1S/C29H53O4S2/c1-22-2-8-25(9-3-22)34-26-10-16-29(17-11-26)35(27-12-4-23(5-13-27)32-20-18-30)28-14-6-24(7-15-28)33-21-19-31/h22-31H,2-21H2,1H3/q+1. The number of ether oxygens (including phenoxy) is 2. The number of aliphatic hydroxyl groups excluding tert-OH is 2. The Kier molecular flexibility index (Phi) is 12.4. The first kappa shape index (κ1) is 28.5. The van der Waals surface area contributed by atoms with Crippen LogP contribution in [0, 0.1) is 5.92 Å². The first-order chi connectivity index (χ1) is 17.2. The Bertz CT molecular complexity index is 533. The van der Waals surface area contributed by atoms with Crippen molar-refractivity contribution in [2.24, 2.45) is 5.92 Å². The average Bonchev–Trinajstić information content (AvgIpc) is 2.90. The van der Waals surface area contributed by atoms with Gasteiger partial charge in [0.1, 0.15) is 15.7 Å². The van der Waals surface area contributed by atoms with Crippen molar-refractivity contribution in [2.45, 2.75) is 148 Å². The van der Waals surface area contributed by atoms with Gasteiger partial charge in [-0.15, -0.1) is 0 Å². The van der Waals surface area contributed by atoms with Gasteiger partial charge in [-0.05, 0) is 120 Å². The van der Waals surface area contributed by atoms with Crippen molar-refractivity contribution in [1.29, 1.82) is 0 Å². The molecule has 4 nitrogen and oxygen atoms in total. The second-order valence-electron chi connectivity index (χ2n) is 11.8. The van der Waals surface area contributed by atoms with E-state index in [1.54, 1.807) is 0 Å². The zero-order valence-electron chi connectivity index (χ0n) is 22.3. The van der Waals surface area contributed by atoms with E-state index in [9.17, 15) is 0 Å². The molecule has 4 rings (SSSR count). The van der Waals surface area contributed by atoms with E-state index in [4.69, 9.17) is 19.7 Å². The van der Waals surface area contributed by atoms with Crippen LogP contribution in [0.4, 0.5) is 0 Å². The second-order valence-corrected chi connectivity index (χ2v) is 16.2. The molecule has 0 aliphatic heterocycles. The zero-order valence-corrected chi connectivity index (χ0v) is 23.9. The van der Waals surface area contributed by atoms with Crippen molar-refractivity contribution >= 4 is 22.7 Å². The van der Waals surface area contributed by atoms with Gasteiger partial charge in [0.2, 0.25) is 0 Å². The summed E-state index contributed by atoms with van der Waals surface area (Å²) in [6, 6.07) is 0. The van der Waals surface area contributed by atoms with Crippen LogP contribution in [0.3, 0.4) is 0 Å². The lowest BCUT2D eigenvalue weighted by molar-refractivity contribution is 0.00811. The zero-order chi connectivity index (χ0) is 24.5. The van der Waals surface area contributed by atoms with Crippen molar-refractivity contribution in [1.82, 2.24) is 0 Å². The fourth-order valence-corrected chi connectivity index (χ4v) is 13.0. The topological polar surface area (TPSA) is 58.9 Å². The maximum absolute atomic E-state index is 9.14. The van der Waals surface area contributed by atoms with Gasteiger partial charge in [-0.1, -0.05) is 6.92 Å². The molecule has 4 saturated carbocycles.